The number of furan rings is 1. The van der Waals surface area contributed by atoms with Gasteiger partial charge >= 0.3 is 6.03 Å². The van der Waals surface area contributed by atoms with Crippen LogP contribution in [0.4, 0.5) is 10.5 Å². The third-order valence-corrected chi connectivity index (χ3v) is 4.08. The second-order valence-electron chi connectivity index (χ2n) is 4.98. The normalized spacial score (nSPS) is 10.4. The third kappa shape index (κ3) is 4.95. The smallest absolute Gasteiger partial charge is 0.325 e. The highest BCUT2D eigenvalue weighted by Gasteiger charge is 2.12. The molecule has 0 aliphatic heterocycles. The number of aromatic nitrogens is 3. The minimum atomic E-state index is -0.575. The number of rotatable bonds is 6. The second-order valence-corrected chi connectivity index (χ2v) is 5.92. The number of imide groups is 1. The molecule has 0 atom stereocenters. The number of hydrogen-bond acceptors (Lipinski definition) is 6. The van der Waals surface area contributed by atoms with E-state index in [2.05, 4.69) is 20.8 Å². The van der Waals surface area contributed by atoms with Gasteiger partial charge in [-0.25, -0.2) is 4.79 Å². The summed E-state index contributed by atoms with van der Waals surface area (Å²) in [6.45, 7) is 0.471. The molecule has 0 saturated heterocycles. The van der Waals surface area contributed by atoms with E-state index in [4.69, 9.17) is 4.42 Å². The molecule has 3 rings (SSSR count). The van der Waals surface area contributed by atoms with Crippen LogP contribution in [0.1, 0.15) is 5.76 Å². The molecule has 0 aliphatic carbocycles. The maximum atomic E-state index is 11.9. The molecule has 2 heterocycles. The van der Waals surface area contributed by atoms with Gasteiger partial charge in [-0.1, -0.05) is 30.0 Å². The zero-order valence-corrected chi connectivity index (χ0v) is 13.9. The van der Waals surface area contributed by atoms with Crippen molar-refractivity contribution in [2.24, 2.45) is 0 Å². The summed E-state index contributed by atoms with van der Waals surface area (Å²) in [6.07, 6.45) is 3.15. The van der Waals surface area contributed by atoms with Gasteiger partial charge in [0.05, 0.1) is 18.6 Å². The molecule has 3 aromatic rings. The van der Waals surface area contributed by atoms with Crippen LogP contribution in [0.2, 0.25) is 0 Å². The van der Waals surface area contributed by atoms with E-state index < -0.39 is 11.9 Å². The Kier molecular flexibility index (Phi) is 5.47. The Hall–Kier alpha value is -3.07. The van der Waals surface area contributed by atoms with E-state index in [0.29, 0.717) is 17.4 Å². The lowest BCUT2D eigenvalue weighted by Gasteiger charge is -2.07. The highest BCUT2D eigenvalue weighted by atomic mass is 32.2. The second kappa shape index (κ2) is 8.15. The molecule has 3 amide bonds. The van der Waals surface area contributed by atoms with Gasteiger partial charge in [0.2, 0.25) is 5.91 Å². The Balaban J connectivity index is 1.48. The van der Waals surface area contributed by atoms with Gasteiger partial charge in [0.25, 0.3) is 0 Å². The van der Waals surface area contributed by atoms with Crippen molar-refractivity contribution in [2.75, 3.05) is 11.1 Å². The van der Waals surface area contributed by atoms with Gasteiger partial charge in [-0.05, 0) is 24.3 Å². The number of para-hydroxylation sites is 1. The van der Waals surface area contributed by atoms with Crippen molar-refractivity contribution in [2.45, 2.75) is 11.7 Å². The van der Waals surface area contributed by atoms with Crippen LogP contribution in [-0.2, 0) is 11.3 Å². The van der Waals surface area contributed by atoms with Crippen molar-refractivity contribution in [3.05, 3.63) is 60.8 Å². The van der Waals surface area contributed by atoms with E-state index in [1.165, 1.54) is 11.8 Å². The fourth-order valence-corrected chi connectivity index (χ4v) is 2.73. The summed E-state index contributed by atoms with van der Waals surface area (Å²) in [5.74, 6) is 0.373. The number of benzene rings is 1. The van der Waals surface area contributed by atoms with Crippen molar-refractivity contribution < 1.29 is 14.0 Å². The largest absolute Gasteiger partial charge is 0.467 e. The number of anilines is 1. The molecule has 128 valence electrons. The minimum Gasteiger partial charge on any atom is -0.467 e. The number of nitrogens with one attached hydrogen (secondary N) is 2. The number of nitrogens with zero attached hydrogens (tertiary/aromatic N) is 3. The van der Waals surface area contributed by atoms with Crippen LogP contribution in [-0.4, -0.2) is 32.5 Å². The molecule has 0 unspecified atom stereocenters. The summed E-state index contributed by atoms with van der Waals surface area (Å²) < 4.78 is 7.04. The first-order valence-electron chi connectivity index (χ1n) is 7.39. The van der Waals surface area contributed by atoms with Crippen LogP contribution in [0, 0.1) is 0 Å². The maximum Gasteiger partial charge on any atom is 0.325 e. The molecular formula is C16H15N5O3S. The molecule has 0 fully saturated rings. The number of carbonyl (C=O) groups excluding carboxylic acids is 2. The van der Waals surface area contributed by atoms with Crippen molar-refractivity contribution in [1.82, 2.24) is 20.1 Å². The molecule has 8 nitrogen and oxygen atoms in total. The summed E-state index contributed by atoms with van der Waals surface area (Å²) in [7, 11) is 0. The van der Waals surface area contributed by atoms with E-state index in [0.717, 1.165) is 5.76 Å². The average Bonchev–Trinajstić information content (AvgIpc) is 3.26. The Labute approximate surface area is 147 Å². The quantitative estimate of drug-likeness (QED) is 0.657. The molecule has 1 aromatic carbocycles. The van der Waals surface area contributed by atoms with E-state index >= 15 is 0 Å². The number of urea groups is 1. The lowest BCUT2D eigenvalue weighted by atomic mass is 10.3. The molecule has 0 radical (unpaired) electrons. The Bertz CT molecular complexity index is 833. The van der Waals surface area contributed by atoms with Gasteiger partial charge < -0.3 is 14.3 Å². The van der Waals surface area contributed by atoms with Gasteiger partial charge in [-0.3, -0.25) is 10.1 Å². The van der Waals surface area contributed by atoms with Gasteiger partial charge in [0.15, 0.2) is 5.16 Å². The maximum absolute atomic E-state index is 11.9. The van der Waals surface area contributed by atoms with Crippen molar-refractivity contribution in [3.8, 4) is 0 Å². The number of thioether (sulfide) groups is 1. The standard InChI is InChI=1S/C16H15N5O3S/c22-14(19-15(23)18-12-5-2-1-3-6-12)10-25-16-20-17-11-21(16)9-13-7-4-8-24-13/h1-8,11H,9-10H2,(H2,18,19,22,23). The predicted molar refractivity (Wildman–Crippen MR) is 92.2 cm³/mol. The minimum absolute atomic E-state index is 0.0407. The number of amides is 3. The van der Waals surface area contributed by atoms with Crippen molar-refractivity contribution >= 4 is 29.4 Å². The summed E-state index contributed by atoms with van der Waals surface area (Å²) in [6, 6.07) is 11.9. The van der Waals surface area contributed by atoms with Gasteiger partial charge in [-0.2, -0.15) is 0 Å². The molecule has 2 aromatic heterocycles. The highest BCUT2D eigenvalue weighted by Crippen LogP contribution is 2.16. The fraction of sp³-hybridized carbons (Fsp3) is 0.125. The van der Waals surface area contributed by atoms with E-state index in [1.54, 1.807) is 47.5 Å². The van der Waals surface area contributed by atoms with Crippen LogP contribution in [0.5, 0.6) is 0 Å². The lowest BCUT2D eigenvalue weighted by molar-refractivity contribution is -0.117. The fourth-order valence-electron chi connectivity index (χ4n) is 2.01. The zero-order valence-electron chi connectivity index (χ0n) is 13.1. The lowest BCUT2D eigenvalue weighted by Crippen LogP contribution is -2.35. The monoisotopic (exact) mass is 357 g/mol. The van der Waals surface area contributed by atoms with Crippen molar-refractivity contribution in [3.63, 3.8) is 0 Å². The zero-order chi connectivity index (χ0) is 17.5. The first kappa shape index (κ1) is 16.8. The topological polar surface area (TPSA) is 102 Å². The molecule has 2 N–H and O–H groups in total. The predicted octanol–water partition coefficient (Wildman–Crippen LogP) is 2.36. The summed E-state index contributed by atoms with van der Waals surface area (Å²) in [5, 5.41) is 13.2. The van der Waals surface area contributed by atoms with Crippen LogP contribution < -0.4 is 10.6 Å². The SMILES string of the molecule is O=C(CSc1nncn1Cc1ccco1)NC(=O)Nc1ccccc1. The molecule has 0 bridgehead atoms. The molecule has 9 heteroatoms. The summed E-state index contributed by atoms with van der Waals surface area (Å²) >= 11 is 1.19. The molecule has 0 saturated carbocycles. The Morgan fingerprint density at radius 3 is 2.76 bits per heavy atom. The van der Waals surface area contributed by atoms with Gasteiger partial charge in [0.1, 0.15) is 12.1 Å². The van der Waals surface area contributed by atoms with Crippen LogP contribution in [0.25, 0.3) is 0 Å². The molecule has 0 aliphatic rings. The summed E-state index contributed by atoms with van der Waals surface area (Å²) in [5.41, 5.74) is 0.610. The third-order valence-electron chi connectivity index (χ3n) is 3.10. The van der Waals surface area contributed by atoms with Gasteiger partial charge in [-0.15, -0.1) is 10.2 Å². The average molecular weight is 357 g/mol. The van der Waals surface area contributed by atoms with E-state index in [-0.39, 0.29) is 5.75 Å². The molecule has 0 spiro atoms. The van der Waals surface area contributed by atoms with Crippen molar-refractivity contribution in [1.29, 1.82) is 0 Å². The highest BCUT2D eigenvalue weighted by molar-refractivity contribution is 7.99. The number of hydrogen-bond donors (Lipinski definition) is 2. The van der Waals surface area contributed by atoms with Crippen LogP contribution in [0.3, 0.4) is 0 Å². The van der Waals surface area contributed by atoms with E-state index in [1.807, 2.05) is 12.1 Å². The molecule has 25 heavy (non-hydrogen) atoms. The van der Waals surface area contributed by atoms with Gasteiger partial charge in [0, 0.05) is 5.69 Å². The number of carbonyl (C=O) groups is 2. The Morgan fingerprint density at radius 1 is 1.16 bits per heavy atom. The molecular weight excluding hydrogens is 342 g/mol. The first-order chi connectivity index (χ1) is 12.2. The summed E-state index contributed by atoms with van der Waals surface area (Å²) in [4.78, 5) is 23.7. The van der Waals surface area contributed by atoms with Crippen LogP contribution in [0.15, 0.2) is 64.6 Å². The van der Waals surface area contributed by atoms with Crippen LogP contribution >= 0.6 is 11.8 Å². The first-order valence-corrected chi connectivity index (χ1v) is 8.38. The van der Waals surface area contributed by atoms with E-state index in [9.17, 15) is 9.59 Å². The Morgan fingerprint density at radius 2 is 2.00 bits per heavy atom.